The van der Waals surface area contributed by atoms with Gasteiger partial charge in [-0.3, -0.25) is 0 Å². The first-order valence-electron chi connectivity index (χ1n) is 9.34. The first-order chi connectivity index (χ1) is 11.9. The van der Waals surface area contributed by atoms with Gasteiger partial charge >= 0.3 is 5.97 Å². The van der Waals surface area contributed by atoms with Gasteiger partial charge < -0.3 is 9.84 Å². The van der Waals surface area contributed by atoms with Gasteiger partial charge in [-0.2, -0.15) is 0 Å². The maximum atomic E-state index is 14.3. The van der Waals surface area contributed by atoms with Crippen molar-refractivity contribution in [3.05, 3.63) is 29.1 Å². The molecule has 0 heterocycles. The van der Waals surface area contributed by atoms with Gasteiger partial charge in [0.15, 0.2) is 0 Å². The SMILES string of the molecule is O=C(O)c1cc(C2CC2)c(OC2C3CC4C[C@H]2CC(Cl)(C4)C3)cc1F. The lowest BCUT2D eigenvalue weighted by molar-refractivity contribution is -0.0700. The Bertz CT molecular complexity index is 729. The number of hydrogen-bond donors (Lipinski definition) is 1. The molecule has 0 aromatic heterocycles. The van der Waals surface area contributed by atoms with Crippen LogP contribution in [0.15, 0.2) is 12.1 Å². The number of carboxylic acid groups (broad SMARTS) is 1. The van der Waals surface area contributed by atoms with E-state index in [9.17, 15) is 14.3 Å². The largest absolute Gasteiger partial charge is 0.489 e. The second kappa shape index (κ2) is 5.35. The average molecular weight is 365 g/mol. The zero-order valence-electron chi connectivity index (χ0n) is 14.0. The van der Waals surface area contributed by atoms with Gasteiger partial charge in [0, 0.05) is 10.9 Å². The molecule has 4 bridgehead atoms. The van der Waals surface area contributed by atoms with Crippen molar-refractivity contribution in [3.63, 3.8) is 0 Å². The van der Waals surface area contributed by atoms with Crippen LogP contribution in [0.3, 0.4) is 0 Å². The quantitative estimate of drug-likeness (QED) is 0.767. The van der Waals surface area contributed by atoms with Crippen LogP contribution in [0.25, 0.3) is 0 Å². The van der Waals surface area contributed by atoms with E-state index in [0.717, 1.165) is 50.5 Å². The predicted molar refractivity (Wildman–Crippen MR) is 91.9 cm³/mol. The minimum Gasteiger partial charge on any atom is -0.489 e. The average Bonchev–Trinajstić information content (AvgIpc) is 3.33. The maximum Gasteiger partial charge on any atom is 0.338 e. The third-order valence-electron chi connectivity index (χ3n) is 6.72. The molecule has 0 aliphatic heterocycles. The molecule has 0 spiro atoms. The minimum atomic E-state index is -1.22. The van der Waals surface area contributed by atoms with E-state index in [4.69, 9.17) is 16.3 Å². The maximum absolute atomic E-state index is 14.3. The van der Waals surface area contributed by atoms with Gasteiger partial charge in [-0.15, -0.1) is 11.6 Å². The van der Waals surface area contributed by atoms with E-state index in [1.807, 2.05) is 0 Å². The van der Waals surface area contributed by atoms with Crippen molar-refractivity contribution in [2.24, 2.45) is 17.8 Å². The van der Waals surface area contributed by atoms with Crippen LogP contribution < -0.4 is 4.74 Å². The molecule has 5 saturated carbocycles. The molecular weight excluding hydrogens is 343 g/mol. The van der Waals surface area contributed by atoms with Gasteiger partial charge in [-0.05, 0) is 80.2 Å². The van der Waals surface area contributed by atoms with Crippen LogP contribution in [0, 0.1) is 23.6 Å². The summed E-state index contributed by atoms with van der Waals surface area (Å²) in [6.45, 7) is 0. The van der Waals surface area contributed by atoms with Crippen molar-refractivity contribution in [3.8, 4) is 5.75 Å². The molecular formula is C20H22ClFO3. The Morgan fingerprint density at radius 1 is 1.20 bits per heavy atom. The molecule has 1 N–H and O–H groups in total. The van der Waals surface area contributed by atoms with Crippen LogP contribution in [0.5, 0.6) is 5.75 Å². The normalized spacial score (nSPS) is 38.8. The summed E-state index contributed by atoms with van der Waals surface area (Å²) < 4.78 is 20.6. The van der Waals surface area contributed by atoms with Gasteiger partial charge in [0.05, 0.1) is 5.56 Å². The molecule has 5 aliphatic carbocycles. The number of aromatic carboxylic acids is 1. The van der Waals surface area contributed by atoms with E-state index in [1.165, 1.54) is 12.1 Å². The van der Waals surface area contributed by atoms with Crippen molar-refractivity contribution in [2.45, 2.75) is 61.8 Å². The number of benzene rings is 1. The summed E-state index contributed by atoms with van der Waals surface area (Å²) in [5, 5.41) is 9.20. The summed E-state index contributed by atoms with van der Waals surface area (Å²) in [5.41, 5.74) is 0.618. The molecule has 5 aliphatic rings. The van der Waals surface area contributed by atoms with Crippen LogP contribution in [0.4, 0.5) is 4.39 Å². The second-order valence-corrected chi connectivity index (χ2v) is 9.45. The fourth-order valence-corrected chi connectivity index (χ4v) is 6.38. The predicted octanol–water partition coefficient (Wildman–Crippen LogP) is 4.97. The summed E-state index contributed by atoms with van der Waals surface area (Å²) in [6, 6.07) is 2.79. The number of alkyl halides is 1. The Balaban J connectivity index is 1.46. The minimum absolute atomic E-state index is 0.0475. The van der Waals surface area contributed by atoms with E-state index in [2.05, 4.69) is 0 Å². The van der Waals surface area contributed by atoms with Crippen molar-refractivity contribution in [1.82, 2.24) is 0 Å². The first-order valence-corrected chi connectivity index (χ1v) is 9.72. The van der Waals surface area contributed by atoms with Gasteiger partial charge in [-0.25, -0.2) is 9.18 Å². The number of hydrogen-bond acceptors (Lipinski definition) is 2. The third kappa shape index (κ3) is 2.64. The summed E-state index contributed by atoms with van der Waals surface area (Å²) in [7, 11) is 0. The molecule has 5 atom stereocenters. The molecule has 25 heavy (non-hydrogen) atoms. The topological polar surface area (TPSA) is 46.5 Å². The number of carbonyl (C=O) groups is 1. The van der Waals surface area contributed by atoms with Crippen LogP contribution in [-0.2, 0) is 0 Å². The molecule has 5 heteroatoms. The third-order valence-corrected chi connectivity index (χ3v) is 7.18. The summed E-state index contributed by atoms with van der Waals surface area (Å²) in [5.74, 6) is 0.546. The Hall–Kier alpha value is -1.29. The Labute approximate surface area is 151 Å². The molecule has 6 rings (SSSR count). The highest BCUT2D eigenvalue weighted by Gasteiger charge is 2.55. The number of carboxylic acids is 1. The lowest BCUT2D eigenvalue weighted by Gasteiger charge is -2.57. The molecule has 1 aromatic rings. The van der Waals surface area contributed by atoms with Gasteiger partial charge in [-0.1, -0.05) is 0 Å². The molecule has 5 fully saturated rings. The van der Waals surface area contributed by atoms with E-state index in [1.54, 1.807) is 0 Å². The van der Waals surface area contributed by atoms with E-state index < -0.39 is 11.8 Å². The molecule has 0 saturated heterocycles. The monoisotopic (exact) mass is 364 g/mol. The van der Waals surface area contributed by atoms with E-state index >= 15 is 0 Å². The molecule has 1 aromatic carbocycles. The zero-order chi connectivity index (χ0) is 17.3. The number of halogens is 2. The first kappa shape index (κ1) is 15.9. The van der Waals surface area contributed by atoms with Crippen LogP contribution in [0.1, 0.15) is 66.8 Å². The standard InChI is InChI=1S/C20H22ClFO3/c21-20-7-10-3-12(8-20)18(13(4-10)9-20)25-17-6-16(22)15(19(23)24)5-14(17)11-1-2-11/h5-6,10-13,18H,1-4,7-9H2,(H,23,24)/t10?,12-,13?,18?,20?/m0/s1. The van der Waals surface area contributed by atoms with Crippen LogP contribution >= 0.6 is 11.6 Å². The molecule has 0 radical (unpaired) electrons. The van der Waals surface area contributed by atoms with Crippen molar-refractivity contribution in [2.75, 3.05) is 0 Å². The zero-order valence-corrected chi connectivity index (χ0v) is 14.8. The van der Waals surface area contributed by atoms with Gasteiger partial charge in [0.25, 0.3) is 0 Å². The van der Waals surface area contributed by atoms with E-state index in [-0.39, 0.29) is 16.5 Å². The highest BCUT2D eigenvalue weighted by atomic mass is 35.5. The number of rotatable bonds is 4. The van der Waals surface area contributed by atoms with Crippen molar-refractivity contribution in [1.29, 1.82) is 0 Å². The number of ether oxygens (including phenoxy) is 1. The summed E-state index contributed by atoms with van der Waals surface area (Å²) >= 11 is 6.79. The van der Waals surface area contributed by atoms with Crippen LogP contribution in [-0.4, -0.2) is 22.1 Å². The molecule has 134 valence electrons. The summed E-state index contributed by atoms with van der Waals surface area (Å²) in [4.78, 5) is 11.2. The van der Waals surface area contributed by atoms with Crippen molar-refractivity contribution < 1.29 is 19.0 Å². The van der Waals surface area contributed by atoms with Gasteiger partial charge in [0.1, 0.15) is 17.7 Å². The Kier molecular flexibility index (Phi) is 3.41. The van der Waals surface area contributed by atoms with E-state index in [0.29, 0.717) is 29.4 Å². The Morgan fingerprint density at radius 3 is 2.44 bits per heavy atom. The van der Waals surface area contributed by atoms with Crippen LogP contribution in [0.2, 0.25) is 0 Å². The lowest BCUT2D eigenvalue weighted by atomic mass is 9.54. The van der Waals surface area contributed by atoms with Crippen molar-refractivity contribution >= 4 is 17.6 Å². The second-order valence-electron chi connectivity index (χ2n) is 8.65. The smallest absolute Gasteiger partial charge is 0.338 e. The molecule has 3 nitrogen and oxygen atoms in total. The summed E-state index contributed by atoms with van der Waals surface area (Å²) in [6.07, 6.45) is 7.55. The fourth-order valence-electron chi connectivity index (χ4n) is 5.77. The highest BCUT2D eigenvalue weighted by molar-refractivity contribution is 6.24. The molecule has 4 unspecified atom stereocenters. The lowest BCUT2D eigenvalue weighted by Crippen LogP contribution is -2.56. The highest BCUT2D eigenvalue weighted by Crippen LogP contribution is 2.59. The molecule has 0 amide bonds. The fraction of sp³-hybridized carbons (Fsp3) is 0.650. The Morgan fingerprint density at radius 2 is 1.88 bits per heavy atom. The van der Waals surface area contributed by atoms with Gasteiger partial charge in [0.2, 0.25) is 0 Å².